The molecule has 1 unspecified atom stereocenters. The summed E-state index contributed by atoms with van der Waals surface area (Å²) in [7, 11) is 2.10. The minimum atomic E-state index is -0.149. The van der Waals surface area contributed by atoms with Gasteiger partial charge >= 0.3 is 11.9 Å². The summed E-state index contributed by atoms with van der Waals surface area (Å²) in [5.74, 6) is 0.195. The van der Waals surface area contributed by atoms with Crippen LogP contribution in [0.4, 0.5) is 0 Å². The molecule has 1 fully saturated rings. The zero-order valence-electron chi connectivity index (χ0n) is 23.1. The topological polar surface area (TPSA) is 55.8 Å². The van der Waals surface area contributed by atoms with Crippen molar-refractivity contribution in [3.63, 3.8) is 0 Å². The van der Waals surface area contributed by atoms with Crippen molar-refractivity contribution in [1.29, 1.82) is 0 Å². The van der Waals surface area contributed by atoms with Crippen LogP contribution in [-0.4, -0.2) is 43.6 Å². The third-order valence-corrected chi connectivity index (χ3v) is 7.47. The lowest BCUT2D eigenvalue weighted by atomic mass is 9.95. The van der Waals surface area contributed by atoms with Crippen LogP contribution < -0.4 is 0 Å². The Hall–Kier alpha value is -1.88. The Balaban J connectivity index is 1.67. The van der Waals surface area contributed by atoms with E-state index < -0.39 is 0 Å². The van der Waals surface area contributed by atoms with Crippen LogP contribution in [0.5, 0.6) is 0 Å². The standard InChI is InChI=1S/C31H51NO4/c1-3-4-5-6-7-8-9-10-12-16-28(26-36-31(34)29-21-23-32(2)24-22-29)19-15-20-30(33)35-25-27-17-13-11-14-18-27/h11,13-14,17-18,28-29H,3-10,12,15-16,19-26H2,1-2H3. The van der Waals surface area contributed by atoms with Crippen molar-refractivity contribution in [2.24, 2.45) is 11.8 Å². The number of unbranched alkanes of at least 4 members (excludes halogenated alkanes) is 8. The summed E-state index contributed by atoms with van der Waals surface area (Å²) in [4.78, 5) is 27.1. The second kappa shape index (κ2) is 19.3. The highest BCUT2D eigenvalue weighted by atomic mass is 16.5. The second-order valence-electron chi connectivity index (χ2n) is 10.7. The molecule has 1 aliphatic heterocycles. The van der Waals surface area contributed by atoms with Crippen molar-refractivity contribution in [2.45, 2.75) is 110 Å². The van der Waals surface area contributed by atoms with Gasteiger partial charge in [-0.05, 0) is 63.7 Å². The second-order valence-corrected chi connectivity index (χ2v) is 10.7. The Morgan fingerprint density at radius 3 is 2.14 bits per heavy atom. The van der Waals surface area contributed by atoms with Gasteiger partial charge in [0, 0.05) is 6.42 Å². The molecule has 1 aromatic rings. The molecule has 1 aromatic carbocycles. The highest BCUT2D eigenvalue weighted by Crippen LogP contribution is 2.22. The van der Waals surface area contributed by atoms with E-state index >= 15 is 0 Å². The van der Waals surface area contributed by atoms with Gasteiger partial charge in [-0.15, -0.1) is 0 Å². The van der Waals surface area contributed by atoms with E-state index in [-0.39, 0.29) is 17.9 Å². The molecule has 1 saturated heterocycles. The summed E-state index contributed by atoms with van der Waals surface area (Å²) in [5.41, 5.74) is 1.01. The zero-order chi connectivity index (χ0) is 25.8. The van der Waals surface area contributed by atoms with Crippen molar-refractivity contribution in [1.82, 2.24) is 4.90 Å². The lowest BCUT2D eigenvalue weighted by Crippen LogP contribution is -2.34. The van der Waals surface area contributed by atoms with Crippen molar-refractivity contribution >= 4 is 11.9 Å². The van der Waals surface area contributed by atoms with E-state index in [1.807, 2.05) is 30.3 Å². The molecule has 5 nitrogen and oxygen atoms in total. The molecule has 0 saturated carbocycles. The van der Waals surface area contributed by atoms with Crippen LogP contribution in [0.2, 0.25) is 0 Å². The number of carbonyl (C=O) groups is 2. The van der Waals surface area contributed by atoms with Gasteiger partial charge < -0.3 is 14.4 Å². The molecular formula is C31H51NO4. The highest BCUT2D eigenvalue weighted by Gasteiger charge is 2.25. The summed E-state index contributed by atoms with van der Waals surface area (Å²) >= 11 is 0. The summed E-state index contributed by atoms with van der Waals surface area (Å²) < 4.78 is 11.2. The molecule has 204 valence electrons. The Kier molecular flexibility index (Phi) is 16.2. The average Bonchev–Trinajstić information content (AvgIpc) is 2.90. The van der Waals surface area contributed by atoms with Crippen LogP contribution in [0.25, 0.3) is 0 Å². The van der Waals surface area contributed by atoms with Gasteiger partial charge in [0.2, 0.25) is 0 Å². The van der Waals surface area contributed by atoms with Crippen LogP contribution in [0.1, 0.15) is 109 Å². The molecule has 0 spiro atoms. The maximum absolute atomic E-state index is 12.6. The van der Waals surface area contributed by atoms with Crippen molar-refractivity contribution in [3.8, 4) is 0 Å². The molecule has 1 heterocycles. The maximum Gasteiger partial charge on any atom is 0.309 e. The molecule has 0 N–H and O–H groups in total. The lowest BCUT2D eigenvalue weighted by Gasteiger charge is -2.28. The number of nitrogens with zero attached hydrogens (tertiary/aromatic N) is 1. The number of likely N-dealkylation sites (tertiary alicyclic amines) is 1. The van der Waals surface area contributed by atoms with Crippen molar-refractivity contribution < 1.29 is 19.1 Å². The molecule has 0 bridgehead atoms. The van der Waals surface area contributed by atoms with E-state index in [2.05, 4.69) is 18.9 Å². The van der Waals surface area contributed by atoms with Crippen LogP contribution in [-0.2, 0) is 25.7 Å². The van der Waals surface area contributed by atoms with Gasteiger partial charge in [0.1, 0.15) is 6.61 Å². The number of rotatable bonds is 19. The Labute approximate surface area is 220 Å². The molecule has 0 aromatic heterocycles. The number of ether oxygens (including phenoxy) is 2. The summed E-state index contributed by atoms with van der Waals surface area (Å²) in [6.07, 6.45) is 16.7. The predicted octanol–water partition coefficient (Wildman–Crippen LogP) is 7.32. The van der Waals surface area contributed by atoms with Gasteiger partial charge in [-0.2, -0.15) is 0 Å². The number of esters is 2. The Morgan fingerprint density at radius 1 is 0.861 bits per heavy atom. The van der Waals surface area contributed by atoms with Gasteiger partial charge in [0.05, 0.1) is 12.5 Å². The zero-order valence-corrected chi connectivity index (χ0v) is 23.1. The smallest absolute Gasteiger partial charge is 0.309 e. The van der Waals surface area contributed by atoms with Crippen LogP contribution in [0.3, 0.4) is 0 Å². The van der Waals surface area contributed by atoms with Gasteiger partial charge in [0.25, 0.3) is 0 Å². The van der Waals surface area contributed by atoms with E-state index in [4.69, 9.17) is 9.47 Å². The molecule has 0 amide bonds. The molecule has 5 heteroatoms. The van der Waals surface area contributed by atoms with Gasteiger partial charge in [0.15, 0.2) is 0 Å². The maximum atomic E-state index is 12.6. The Morgan fingerprint density at radius 2 is 1.47 bits per heavy atom. The van der Waals surface area contributed by atoms with Crippen LogP contribution >= 0.6 is 0 Å². The normalized spacial score (nSPS) is 15.5. The summed E-state index contributed by atoms with van der Waals surface area (Å²) in [6.45, 7) is 5.01. The minimum absolute atomic E-state index is 0.0255. The first kappa shape index (κ1) is 30.3. The number of hydrogen-bond donors (Lipinski definition) is 0. The molecule has 36 heavy (non-hydrogen) atoms. The van der Waals surface area contributed by atoms with Gasteiger partial charge in [-0.25, -0.2) is 0 Å². The fraction of sp³-hybridized carbons (Fsp3) is 0.742. The largest absolute Gasteiger partial charge is 0.465 e. The average molecular weight is 502 g/mol. The van der Waals surface area contributed by atoms with E-state index in [0.717, 1.165) is 50.8 Å². The minimum Gasteiger partial charge on any atom is -0.465 e. The lowest BCUT2D eigenvalue weighted by molar-refractivity contribution is -0.152. The first-order valence-electron chi connectivity index (χ1n) is 14.6. The fourth-order valence-electron chi connectivity index (χ4n) is 4.96. The molecule has 2 rings (SSSR count). The summed E-state index contributed by atoms with van der Waals surface area (Å²) in [5, 5.41) is 0. The van der Waals surface area contributed by atoms with E-state index in [1.165, 1.54) is 57.8 Å². The fourth-order valence-corrected chi connectivity index (χ4v) is 4.96. The summed E-state index contributed by atoms with van der Waals surface area (Å²) in [6, 6.07) is 9.79. The number of hydrogen-bond acceptors (Lipinski definition) is 5. The molecule has 1 aliphatic rings. The molecule has 0 radical (unpaired) electrons. The third-order valence-electron chi connectivity index (χ3n) is 7.47. The third kappa shape index (κ3) is 14.0. The van der Waals surface area contributed by atoms with Crippen molar-refractivity contribution in [2.75, 3.05) is 26.7 Å². The van der Waals surface area contributed by atoms with Gasteiger partial charge in [-0.3, -0.25) is 9.59 Å². The van der Waals surface area contributed by atoms with E-state index in [1.54, 1.807) is 0 Å². The first-order chi connectivity index (χ1) is 17.6. The first-order valence-corrected chi connectivity index (χ1v) is 14.6. The van der Waals surface area contributed by atoms with Crippen LogP contribution in [0.15, 0.2) is 30.3 Å². The molecular weight excluding hydrogens is 450 g/mol. The SMILES string of the molecule is CCCCCCCCCCCC(CCCC(=O)OCc1ccccc1)COC(=O)C1CCN(C)CC1. The van der Waals surface area contributed by atoms with E-state index in [0.29, 0.717) is 25.6 Å². The quantitative estimate of drug-likeness (QED) is 0.147. The monoisotopic (exact) mass is 501 g/mol. The van der Waals surface area contributed by atoms with E-state index in [9.17, 15) is 9.59 Å². The predicted molar refractivity (Wildman–Crippen MR) is 147 cm³/mol. The van der Waals surface area contributed by atoms with Crippen molar-refractivity contribution in [3.05, 3.63) is 35.9 Å². The van der Waals surface area contributed by atoms with Gasteiger partial charge in [-0.1, -0.05) is 95.0 Å². The Bertz CT molecular complexity index is 700. The highest BCUT2D eigenvalue weighted by molar-refractivity contribution is 5.72. The molecule has 1 atom stereocenters. The number of carbonyl (C=O) groups excluding carboxylic acids is 2. The number of piperidine rings is 1. The van der Waals surface area contributed by atoms with Crippen LogP contribution in [0, 0.1) is 11.8 Å². The number of benzene rings is 1. The molecule has 0 aliphatic carbocycles.